The molecule has 98 valence electrons. The van der Waals surface area contributed by atoms with Crippen molar-refractivity contribution in [1.82, 2.24) is 0 Å². The molecule has 0 radical (unpaired) electrons. The molecule has 1 aromatic rings. The number of rotatable bonds is 4. The first-order valence-electron chi connectivity index (χ1n) is 6.87. The molecule has 0 bridgehead atoms. The van der Waals surface area contributed by atoms with Crippen LogP contribution in [0, 0.1) is 5.92 Å². The van der Waals surface area contributed by atoms with Gasteiger partial charge in [-0.2, -0.15) is 0 Å². The molecule has 0 aliphatic heterocycles. The van der Waals surface area contributed by atoms with E-state index in [4.69, 9.17) is 4.74 Å². The van der Waals surface area contributed by atoms with Crippen LogP contribution in [0.25, 0.3) is 0 Å². The molecule has 0 spiro atoms. The molecule has 2 rings (SSSR count). The summed E-state index contributed by atoms with van der Waals surface area (Å²) in [6, 6.07) is 8.44. The zero-order chi connectivity index (χ0) is 13.0. The van der Waals surface area contributed by atoms with E-state index in [-0.39, 0.29) is 11.9 Å². The maximum atomic E-state index is 11.5. The summed E-state index contributed by atoms with van der Waals surface area (Å²) >= 11 is 0. The number of hydrogen-bond donors (Lipinski definition) is 0. The lowest BCUT2D eigenvalue weighted by Crippen LogP contribution is -2.10. The van der Waals surface area contributed by atoms with Crippen molar-refractivity contribution in [1.29, 1.82) is 0 Å². The molecular formula is C16H22O2. The zero-order valence-electron chi connectivity index (χ0n) is 11.3. The van der Waals surface area contributed by atoms with E-state index in [1.165, 1.54) is 44.8 Å². The zero-order valence-corrected chi connectivity index (χ0v) is 11.3. The van der Waals surface area contributed by atoms with Crippen LogP contribution < -0.4 is 0 Å². The predicted octanol–water partition coefficient (Wildman–Crippen LogP) is 3.70. The van der Waals surface area contributed by atoms with Gasteiger partial charge in [-0.3, -0.25) is 4.79 Å². The van der Waals surface area contributed by atoms with Crippen molar-refractivity contribution in [3.05, 3.63) is 35.4 Å². The minimum Gasteiger partial charge on any atom is -0.469 e. The first-order chi connectivity index (χ1) is 8.70. The second-order valence-electron chi connectivity index (χ2n) is 5.34. The number of methoxy groups -OCH3 is 1. The summed E-state index contributed by atoms with van der Waals surface area (Å²) in [6.07, 6.45) is 6.72. The fraction of sp³-hybridized carbons (Fsp3) is 0.562. The Morgan fingerprint density at radius 2 is 1.89 bits per heavy atom. The average molecular weight is 246 g/mol. The fourth-order valence-corrected chi connectivity index (χ4v) is 2.80. The van der Waals surface area contributed by atoms with E-state index in [0.29, 0.717) is 0 Å². The lowest BCUT2D eigenvalue weighted by Gasteiger charge is -2.12. The number of hydrogen-bond acceptors (Lipinski definition) is 2. The predicted molar refractivity (Wildman–Crippen MR) is 72.5 cm³/mol. The third-order valence-corrected chi connectivity index (χ3v) is 4.03. The van der Waals surface area contributed by atoms with Gasteiger partial charge in [0.15, 0.2) is 0 Å². The van der Waals surface area contributed by atoms with Gasteiger partial charge in [-0.15, -0.1) is 0 Å². The van der Waals surface area contributed by atoms with Gasteiger partial charge in [0.05, 0.1) is 13.0 Å². The quantitative estimate of drug-likeness (QED) is 0.757. The van der Waals surface area contributed by atoms with Gasteiger partial charge >= 0.3 is 5.97 Å². The molecule has 1 atom stereocenters. The summed E-state index contributed by atoms with van der Waals surface area (Å²) in [5.74, 6) is 0.531. The smallest absolute Gasteiger partial charge is 0.312 e. The monoisotopic (exact) mass is 246 g/mol. The van der Waals surface area contributed by atoms with Gasteiger partial charge in [-0.05, 0) is 30.4 Å². The number of esters is 1. The fourth-order valence-electron chi connectivity index (χ4n) is 2.80. The summed E-state index contributed by atoms with van der Waals surface area (Å²) in [4.78, 5) is 11.5. The molecule has 2 nitrogen and oxygen atoms in total. The van der Waals surface area contributed by atoms with Gasteiger partial charge in [0, 0.05) is 0 Å². The van der Waals surface area contributed by atoms with Crippen LogP contribution in [-0.4, -0.2) is 13.1 Å². The second-order valence-corrected chi connectivity index (χ2v) is 5.34. The van der Waals surface area contributed by atoms with E-state index in [1.807, 2.05) is 6.92 Å². The largest absolute Gasteiger partial charge is 0.469 e. The van der Waals surface area contributed by atoms with Crippen molar-refractivity contribution in [2.45, 2.75) is 44.9 Å². The van der Waals surface area contributed by atoms with Crippen molar-refractivity contribution in [2.24, 2.45) is 5.92 Å². The van der Waals surface area contributed by atoms with Crippen LogP contribution in [-0.2, 0) is 16.0 Å². The highest BCUT2D eigenvalue weighted by Crippen LogP contribution is 2.28. The molecule has 0 heterocycles. The molecule has 1 aromatic carbocycles. The van der Waals surface area contributed by atoms with Gasteiger partial charge in [0.25, 0.3) is 0 Å². The lowest BCUT2D eigenvalue weighted by molar-refractivity contribution is -0.141. The van der Waals surface area contributed by atoms with E-state index in [1.54, 1.807) is 0 Å². The Morgan fingerprint density at radius 1 is 1.28 bits per heavy atom. The Labute approximate surface area is 109 Å². The molecule has 0 saturated heterocycles. The molecular weight excluding hydrogens is 224 g/mol. The molecule has 0 aromatic heterocycles. The van der Waals surface area contributed by atoms with Gasteiger partial charge in [0.2, 0.25) is 0 Å². The molecule has 1 fully saturated rings. The van der Waals surface area contributed by atoms with Crippen molar-refractivity contribution >= 4 is 5.97 Å². The highest BCUT2D eigenvalue weighted by atomic mass is 16.5. The third-order valence-electron chi connectivity index (χ3n) is 4.03. The Hall–Kier alpha value is -1.31. The first kappa shape index (κ1) is 13.1. The van der Waals surface area contributed by atoms with Crippen LogP contribution in [0.3, 0.4) is 0 Å². The minimum absolute atomic E-state index is 0.168. The molecule has 1 unspecified atom stereocenters. The van der Waals surface area contributed by atoms with Crippen LogP contribution in [0.5, 0.6) is 0 Å². The topological polar surface area (TPSA) is 26.3 Å². The van der Waals surface area contributed by atoms with Gasteiger partial charge < -0.3 is 4.74 Å². The second kappa shape index (κ2) is 6.03. The first-order valence-corrected chi connectivity index (χ1v) is 6.87. The SMILES string of the molecule is COC(=O)C(C)c1ccc(CC2CCCC2)cc1. The Balaban J connectivity index is 1.98. The molecule has 0 N–H and O–H groups in total. The molecule has 1 aliphatic carbocycles. The molecule has 0 amide bonds. The number of benzene rings is 1. The van der Waals surface area contributed by atoms with Crippen LogP contribution in [0.4, 0.5) is 0 Å². The third kappa shape index (κ3) is 3.12. The Kier molecular flexibility index (Phi) is 4.40. The number of carbonyl (C=O) groups is 1. The van der Waals surface area contributed by atoms with Gasteiger partial charge in [-0.25, -0.2) is 0 Å². The van der Waals surface area contributed by atoms with Crippen molar-refractivity contribution < 1.29 is 9.53 Å². The standard InChI is InChI=1S/C16H22O2/c1-12(16(17)18-2)15-9-7-14(8-10-15)11-13-5-3-4-6-13/h7-10,12-13H,3-6,11H2,1-2H3. The van der Waals surface area contributed by atoms with Crippen LogP contribution in [0.15, 0.2) is 24.3 Å². The maximum absolute atomic E-state index is 11.5. The Morgan fingerprint density at radius 3 is 2.44 bits per heavy atom. The normalized spacial score (nSPS) is 17.7. The summed E-state index contributed by atoms with van der Waals surface area (Å²) in [5.41, 5.74) is 2.43. The van der Waals surface area contributed by atoms with E-state index >= 15 is 0 Å². The number of carbonyl (C=O) groups excluding carboxylic acids is 1. The van der Waals surface area contributed by atoms with Crippen molar-refractivity contribution in [2.75, 3.05) is 7.11 Å². The maximum Gasteiger partial charge on any atom is 0.312 e. The van der Waals surface area contributed by atoms with Crippen LogP contribution in [0.2, 0.25) is 0 Å². The summed E-state index contributed by atoms with van der Waals surface area (Å²) < 4.78 is 4.77. The highest BCUT2D eigenvalue weighted by molar-refractivity contribution is 5.77. The average Bonchev–Trinajstić information content (AvgIpc) is 2.91. The minimum atomic E-state index is -0.171. The summed E-state index contributed by atoms with van der Waals surface area (Å²) in [6.45, 7) is 1.89. The molecule has 18 heavy (non-hydrogen) atoms. The summed E-state index contributed by atoms with van der Waals surface area (Å²) in [5, 5.41) is 0. The summed E-state index contributed by atoms with van der Waals surface area (Å²) in [7, 11) is 1.44. The Bertz CT molecular complexity index is 388. The van der Waals surface area contributed by atoms with Crippen LogP contribution in [0.1, 0.15) is 49.7 Å². The molecule has 1 aliphatic rings. The van der Waals surface area contributed by atoms with Gasteiger partial charge in [0.1, 0.15) is 0 Å². The lowest BCUT2D eigenvalue weighted by atomic mass is 9.95. The molecule has 1 saturated carbocycles. The van der Waals surface area contributed by atoms with E-state index < -0.39 is 0 Å². The highest BCUT2D eigenvalue weighted by Gasteiger charge is 2.17. The van der Waals surface area contributed by atoms with Gasteiger partial charge in [-0.1, -0.05) is 49.9 Å². The van der Waals surface area contributed by atoms with E-state index in [9.17, 15) is 4.79 Å². The van der Waals surface area contributed by atoms with Crippen molar-refractivity contribution in [3.63, 3.8) is 0 Å². The van der Waals surface area contributed by atoms with Crippen LogP contribution >= 0.6 is 0 Å². The van der Waals surface area contributed by atoms with E-state index in [0.717, 1.165) is 11.5 Å². The van der Waals surface area contributed by atoms with Crippen molar-refractivity contribution in [3.8, 4) is 0 Å². The number of ether oxygens (including phenoxy) is 1. The van der Waals surface area contributed by atoms with E-state index in [2.05, 4.69) is 24.3 Å². The molecule has 2 heteroatoms.